The summed E-state index contributed by atoms with van der Waals surface area (Å²) in [4.78, 5) is 0.0528. The molecule has 6 nitrogen and oxygen atoms in total. The van der Waals surface area contributed by atoms with Crippen LogP contribution < -0.4 is 10.5 Å². The second kappa shape index (κ2) is 5.50. The number of anilines is 1. The maximum atomic E-state index is 12.3. The summed E-state index contributed by atoms with van der Waals surface area (Å²) >= 11 is 0. The molecule has 0 amide bonds. The molecule has 0 saturated heterocycles. The first kappa shape index (κ1) is 16.0. The summed E-state index contributed by atoms with van der Waals surface area (Å²) in [6.07, 6.45) is 2.35. The summed E-state index contributed by atoms with van der Waals surface area (Å²) in [5, 5.41) is 4.01. The van der Waals surface area contributed by atoms with Crippen molar-refractivity contribution in [2.24, 2.45) is 5.41 Å². The molecule has 0 aromatic carbocycles. The fraction of sp³-hybridized carbons (Fsp3) is 0.750. The predicted molar refractivity (Wildman–Crippen MR) is 76.2 cm³/mol. The molecule has 0 aliphatic rings. The summed E-state index contributed by atoms with van der Waals surface area (Å²) in [7, 11) is -3.63. The standard InChI is InChI=1S/C12H24N4O2S/c1-6-7-16-8-10(11(13)14-16)19(17,18)15-9(2)12(3,4)5/h8-9,15H,6-7H2,1-5H3,(H2,13,14). The van der Waals surface area contributed by atoms with Gasteiger partial charge >= 0.3 is 0 Å². The topological polar surface area (TPSA) is 90.0 Å². The van der Waals surface area contributed by atoms with Crippen LogP contribution in [0.2, 0.25) is 0 Å². The number of sulfonamides is 1. The van der Waals surface area contributed by atoms with Crippen LogP contribution in [0.3, 0.4) is 0 Å². The highest BCUT2D eigenvalue weighted by molar-refractivity contribution is 7.89. The maximum Gasteiger partial charge on any atom is 0.246 e. The zero-order chi connectivity index (χ0) is 14.8. The zero-order valence-electron chi connectivity index (χ0n) is 12.3. The Morgan fingerprint density at radius 3 is 2.53 bits per heavy atom. The normalized spacial score (nSPS) is 14.6. The van der Waals surface area contributed by atoms with Crippen LogP contribution in [0, 0.1) is 5.41 Å². The Kier molecular flexibility index (Phi) is 4.63. The highest BCUT2D eigenvalue weighted by Gasteiger charge is 2.28. The lowest BCUT2D eigenvalue weighted by Gasteiger charge is -2.27. The van der Waals surface area contributed by atoms with E-state index in [4.69, 9.17) is 5.73 Å². The maximum absolute atomic E-state index is 12.3. The van der Waals surface area contributed by atoms with Gasteiger partial charge in [-0.1, -0.05) is 27.7 Å². The Hall–Kier alpha value is -1.08. The molecule has 1 aromatic heterocycles. The molecule has 1 rings (SSSR count). The number of rotatable bonds is 5. The Labute approximate surface area is 115 Å². The molecule has 1 heterocycles. The SMILES string of the molecule is CCCn1cc(S(=O)(=O)NC(C)C(C)(C)C)c(N)n1. The van der Waals surface area contributed by atoms with Gasteiger partial charge in [0, 0.05) is 18.8 Å². The summed E-state index contributed by atoms with van der Waals surface area (Å²) in [6, 6.07) is -0.202. The zero-order valence-corrected chi connectivity index (χ0v) is 13.1. The lowest BCUT2D eigenvalue weighted by molar-refractivity contribution is 0.317. The number of aromatic nitrogens is 2. The third-order valence-corrected chi connectivity index (χ3v) is 4.69. The molecular formula is C12H24N4O2S. The van der Waals surface area contributed by atoms with E-state index in [1.165, 1.54) is 6.20 Å². The van der Waals surface area contributed by atoms with E-state index in [0.29, 0.717) is 6.54 Å². The third-order valence-electron chi connectivity index (χ3n) is 3.13. The highest BCUT2D eigenvalue weighted by atomic mass is 32.2. The Bertz CT molecular complexity index is 528. The van der Waals surface area contributed by atoms with Crippen LogP contribution in [0.1, 0.15) is 41.0 Å². The first-order chi connectivity index (χ1) is 8.58. The lowest BCUT2D eigenvalue weighted by Crippen LogP contribution is -2.41. The van der Waals surface area contributed by atoms with Gasteiger partial charge in [0.25, 0.3) is 0 Å². The fourth-order valence-corrected chi connectivity index (χ4v) is 2.96. The van der Waals surface area contributed by atoms with Crippen molar-refractivity contribution in [3.8, 4) is 0 Å². The van der Waals surface area contributed by atoms with Crippen molar-refractivity contribution in [1.82, 2.24) is 14.5 Å². The Balaban J connectivity index is 3.01. The molecule has 3 N–H and O–H groups in total. The van der Waals surface area contributed by atoms with Gasteiger partial charge in [0.15, 0.2) is 5.82 Å². The summed E-state index contributed by atoms with van der Waals surface area (Å²) in [5.74, 6) is 0.0436. The van der Waals surface area contributed by atoms with Crippen LogP contribution in [0.15, 0.2) is 11.1 Å². The molecule has 1 atom stereocenters. The molecule has 19 heavy (non-hydrogen) atoms. The van der Waals surface area contributed by atoms with Crippen molar-refractivity contribution in [1.29, 1.82) is 0 Å². The number of nitrogens with one attached hydrogen (secondary N) is 1. The van der Waals surface area contributed by atoms with Gasteiger partial charge in [-0.25, -0.2) is 13.1 Å². The molecule has 0 aliphatic carbocycles. The van der Waals surface area contributed by atoms with E-state index in [1.54, 1.807) is 4.68 Å². The summed E-state index contributed by atoms with van der Waals surface area (Å²) in [6.45, 7) is 10.4. The minimum absolute atomic E-state index is 0.0436. The van der Waals surface area contributed by atoms with Crippen molar-refractivity contribution < 1.29 is 8.42 Å². The van der Waals surface area contributed by atoms with E-state index in [-0.39, 0.29) is 22.2 Å². The third kappa shape index (κ3) is 3.94. The van der Waals surface area contributed by atoms with Gasteiger partial charge in [0.1, 0.15) is 4.90 Å². The Morgan fingerprint density at radius 1 is 1.47 bits per heavy atom. The molecule has 7 heteroatoms. The van der Waals surface area contributed by atoms with Crippen LogP contribution in [0.5, 0.6) is 0 Å². The fourth-order valence-electron chi connectivity index (χ4n) is 1.44. The van der Waals surface area contributed by atoms with Crippen molar-refractivity contribution in [3.05, 3.63) is 6.20 Å². The van der Waals surface area contributed by atoms with Crippen LogP contribution in [0.25, 0.3) is 0 Å². The van der Waals surface area contributed by atoms with Gasteiger partial charge in [-0.2, -0.15) is 5.10 Å². The van der Waals surface area contributed by atoms with Gasteiger partial charge in [-0.3, -0.25) is 4.68 Å². The average molecular weight is 288 g/mol. The van der Waals surface area contributed by atoms with Crippen LogP contribution in [-0.4, -0.2) is 24.2 Å². The highest BCUT2D eigenvalue weighted by Crippen LogP contribution is 2.22. The largest absolute Gasteiger partial charge is 0.381 e. The van der Waals surface area contributed by atoms with Crippen molar-refractivity contribution in [3.63, 3.8) is 0 Å². The summed E-state index contributed by atoms with van der Waals surface area (Å²) in [5.41, 5.74) is 5.53. The van der Waals surface area contributed by atoms with Gasteiger partial charge in [0.05, 0.1) is 0 Å². The molecule has 0 spiro atoms. The Morgan fingerprint density at radius 2 is 2.05 bits per heavy atom. The van der Waals surface area contributed by atoms with Gasteiger partial charge < -0.3 is 5.73 Å². The molecule has 1 aromatic rings. The van der Waals surface area contributed by atoms with Gasteiger partial charge in [-0.05, 0) is 18.8 Å². The molecule has 110 valence electrons. The van der Waals surface area contributed by atoms with E-state index in [1.807, 2.05) is 34.6 Å². The van der Waals surface area contributed by atoms with Crippen molar-refractivity contribution >= 4 is 15.8 Å². The lowest BCUT2D eigenvalue weighted by atomic mass is 9.89. The monoisotopic (exact) mass is 288 g/mol. The molecule has 1 unspecified atom stereocenters. The number of hydrogen-bond donors (Lipinski definition) is 2. The van der Waals surface area contributed by atoms with Crippen molar-refractivity contribution in [2.45, 2.75) is 58.5 Å². The molecular weight excluding hydrogens is 264 g/mol. The average Bonchev–Trinajstić information content (AvgIpc) is 2.58. The first-order valence-corrected chi connectivity index (χ1v) is 7.91. The van der Waals surface area contributed by atoms with Gasteiger partial charge in [0.2, 0.25) is 10.0 Å². The molecule has 0 saturated carbocycles. The smallest absolute Gasteiger partial charge is 0.246 e. The van der Waals surface area contributed by atoms with E-state index < -0.39 is 10.0 Å². The number of nitrogens with two attached hydrogens (primary N) is 1. The number of nitrogen functional groups attached to an aromatic ring is 1. The summed E-state index contributed by atoms with van der Waals surface area (Å²) < 4.78 is 28.8. The molecule has 0 fully saturated rings. The number of nitrogens with zero attached hydrogens (tertiary/aromatic N) is 2. The van der Waals surface area contributed by atoms with Gasteiger partial charge in [-0.15, -0.1) is 0 Å². The molecule has 0 bridgehead atoms. The van der Waals surface area contributed by atoms with Crippen molar-refractivity contribution in [2.75, 3.05) is 5.73 Å². The van der Waals surface area contributed by atoms with E-state index in [0.717, 1.165) is 6.42 Å². The van der Waals surface area contributed by atoms with E-state index in [2.05, 4.69) is 9.82 Å². The molecule has 0 aliphatic heterocycles. The molecule has 0 radical (unpaired) electrons. The second-order valence-corrected chi connectivity index (χ2v) is 7.53. The quantitative estimate of drug-likeness (QED) is 0.861. The van der Waals surface area contributed by atoms with E-state index >= 15 is 0 Å². The number of hydrogen-bond acceptors (Lipinski definition) is 4. The van der Waals surface area contributed by atoms with Crippen LogP contribution in [-0.2, 0) is 16.6 Å². The van der Waals surface area contributed by atoms with Crippen LogP contribution in [0.4, 0.5) is 5.82 Å². The van der Waals surface area contributed by atoms with Crippen LogP contribution >= 0.6 is 0 Å². The first-order valence-electron chi connectivity index (χ1n) is 6.43. The van der Waals surface area contributed by atoms with E-state index in [9.17, 15) is 8.42 Å². The second-order valence-electron chi connectivity index (χ2n) is 5.85. The minimum Gasteiger partial charge on any atom is -0.381 e. The minimum atomic E-state index is -3.63. The predicted octanol–water partition coefficient (Wildman–Crippen LogP) is 1.59. The number of aryl methyl sites for hydroxylation is 1.